The molecule has 1 N–H and O–H groups in total. The molecule has 1 unspecified atom stereocenters. The summed E-state index contributed by atoms with van der Waals surface area (Å²) in [6, 6.07) is 12.3. The van der Waals surface area contributed by atoms with Crippen LogP contribution in [0.2, 0.25) is 5.02 Å². The van der Waals surface area contributed by atoms with Crippen LogP contribution in [0.5, 0.6) is 5.75 Å². The maximum absolute atomic E-state index is 13.9. The van der Waals surface area contributed by atoms with E-state index in [4.69, 9.17) is 16.3 Å². The molecule has 2 nitrogen and oxygen atoms in total. The second-order valence-corrected chi connectivity index (χ2v) is 4.98. The van der Waals surface area contributed by atoms with Crippen molar-refractivity contribution in [2.24, 2.45) is 0 Å². The molecule has 0 bridgehead atoms. The molecule has 0 radical (unpaired) electrons. The van der Waals surface area contributed by atoms with Gasteiger partial charge in [0.1, 0.15) is 18.2 Å². The zero-order valence-corrected chi connectivity index (χ0v) is 12.2. The van der Waals surface area contributed by atoms with Crippen LogP contribution in [0.25, 0.3) is 0 Å². The van der Waals surface area contributed by atoms with Gasteiger partial charge in [-0.1, -0.05) is 35.9 Å². The molecule has 0 fully saturated rings. The van der Waals surface area contributed by atoms with Gasteiger partial charge in [0.2, 0.25) is 0 Å². The Morgan fingerprint density at radius 2 is 2.00 bits per heavy atom. The first-order valence-corrected chi connectivity index (χ1v) is 6.82. The molecule has 0 saturated carbocycles. The fraction of sp³-hybridized carbons (Fsp3) is 0.250. The van der Waals surface area contributed by atoms with Crippen LogP contribution in [0.3, 0.4) is 0 Å². The van der Waals surface area contributed by atoms with E-state index in [1.54, 1.807) is 25.2 Å². The largest absolute Gasteiger partial charge is 0.489 e. The third-order valence-electron chi connectivity index (χ3n) is 3.22. The zero-order chi connectivity index (χ0) is 14.5. The lowest BCUT2D eigenvalue weighted by molar-refractivity contribution is 0.304. The molecular weight excluding hydrogens is 277 g/mol. The molecule has 0 aromatic heterocycles. The minimum Gasteiger partial charge on any atom is -0.489 e. The summed E-state index contributed by atoms with van der Waals surface area (Å²) in [5.74, 6) is 0.220. The third-order valence-corrected chi connectivity index (χ3v) is 3.59. The van der Waals surface area contributed by atoms with Crippen molar-refractivity contribution in [1.82, 2.24) is 5.32 Å². The molecular formula is C16H17ClFNO. The topological polar surface area (TPSA) is 21.3 Å². The predicted octanol–water partition coefficient (Wildman–Crippen LogP) is 4.34. The molecule has 1 atom stereocenters. The van der Waals surface area contributed by atoms with Gasteiger partial charge in [-0.15, -0.1) is 0 Å². The fourth-order valence-corrected chi connectivity index (χ4v) is 2.07. The lowest BCUT2D eigenvalue weighted by Crippen LogP contribution is -2.13. The lowest BCUT2D eigenvalue weighted by atomic mass is 10.1. The van der Waals surface area contributed by atoms with E-state index in [2.05, 4.69) is 5.32 Å². The van der Waals surface area contributed by atoms with Gasteiger partial charge in [0, 0.05) is 28.3 Å². The van der Waals surface area contributed by atoms with Crippen molar-refractivity contribution < 1.29 is 9.13 Å². The maximum Gasteiger partial charge on any atom is 0.131 e. The standard InChI is InChI=1S/C16H17ClFNO/c1-11(19-2)14-8-7-13(9-16(14)18)20-10-12-5-3-4-6-15(12)17/h3-9,11,19H,10H2,1-2H3. The van der Waals surface area contributed by atoms with Crippen molar-refractivity contribution in [3.8, 4) is 5.75 Å². The molecule has 2 aromatic carbocycles. The highest BCUT2D eigenvalue weighted by Crippen LogP contribution is 2.23. The van der Waals surface area contributed by atoms with Gasteiger partial charge in [0.15, 0.2) is 0 Å². The van der Waals surface area contributed by atoms with Crippen LogP contribution >= 0.6 is 11.6 Å². The quantitative estimate of drug-likeness (QED) is 0.885. The average molecular weight is 294 g/mol. The van der Waals surface area contributed by atoms with Crippen molar-refractivity contribution in [3.63, 3.8) is 0 Å². The number of hydrogen-bond donors (Lipinski definition) is 1. The van der Waals surface area contributed by atoms with Gasteiger partial charge in [0.25, 0.3) is 0 Å². The van der Waals surface area contributed by atoms with Gasteiger partial charge in [-0.25, -0.2) is 4.39 Å². The Labute approximate surface area is 123 Å². The number of halogens is 2. The smallest absolute Gasteiger partial charge is 0.131 e. The summed E-state index contributed by atoms with van der Waals surface area (Å²) in [7, 11) is 1.80. The summed E-state index contributed by atoms with van der Waals surface area (Å²) >= 11 is 6.04. The Morgan fingerprint density at radius 1 is 1.25 bits per heavy atom. The van der Waals surface area contributed by atoms with E-state index in [1.165, 1.54) is 6.07 Å². The first-order valence-electron chi connectivity index (χ1n) is 6.44. The van der Waals surface area contributed by atoms with E-state index in [-0.39, 0.29) is 11.9 Å². The Bertz CT molecular complexity index is 588. The van der Waals surface area contributed by atoms with Crippen LogP contribution in [0, 0.1) is 5.82 Å². The second-order valence-electron chi connectivity index (χ2n) is 4.57. The van der Waals surface area contributed by atoms with Gasteiger partial charge in [0.05, 0.1) is 0 Å². The van der Waals surface area contributed by atoms with Crippen molar-refractivity contribution in [2.45, 2.75) is 19.6 Å². The molecule has 0 saturated heterocycles. The molecule has 2 rings (SSSR count). The van der Waals surface area contributed by atoms with E-state index in [0.29, 0.717) is 22.9 Å². The van der Waals surface area contributed by atoms with Crippen LogP contribution in [0.4, 0.5) is 4.39 Å². The van der Waals surface area contributed by atoms with E-state index in [9.17, 15) is 4.39 Å². The molecule has 0 amide bonds. The van der Waals surface area contributed by atoms with Gasteiger partial charge >= 0.3 is 0 Å². The molecule has 0 aliphatic heterocycles. The van der Waals surface area contributed by atoms with Crippen molar-refractivity contribution in [1.29, 1.82) is 0 Å². The molecule has 106 valence electrons. The van der Waals surface area contributed by atoms with Crippen LogP contribution < -0.4 is 10.1 Å². The number of nitrogens with one attached hydrogen (secondary N) is 1. The van der Waals surface area contributed by atoms with Gasteiger partial charge in [-0.3, -0.25) is 0 Å². The molecule has 0 spiro atoms. The Kier molecular flexibility index (Phi) is 4.99. The molecule has 0 aliphatic rings. The van der Waals surface area contributed by atoms with E-state index in [1.807, 2.05) is 25.1 Å². The number of benzene rings is 2. The van der Waals surface area contributed by atoms with Gasteiger partial charge in [-0.2, -0.15) is 0 Å². The summed E-state index contributed by atoms with van der Waals surface area (Å²) in [5.41, 5.74) is 1.50. The highest BCUT2D eigenvalue weighted by molar-refractivity contribution is 6.31. The van der Waals surface area contributed by atoms with Crippen LogP contribution in [-0.2, 0) is 6.61 Å². The first-order chi connectivity index (χ1) is 9.61. The molecule has 0 heterocycles. The molecule has 4 heteroatoms. The van der Waals surface area contributed by atoms with E-state index >= 15 is 0 Å². The third kappa shape index (κ3) is 3.50. The van der Waals surface area contributed by atoms with Crippen molar-refractivity contribution in [3.05, 3.63) is 64.4 Å². The van der Waals surface area contributed by atoms with Crippen LogP contribution in [0.15, 0.2) is 42.5 Å². The van der Waals surface area contributed by atoms with E-state index in [0.717, 1.165) is 5.56 Å². The average Bonchev–Trinajstić information content (AvgIpc) is 2.46. The van der Waals surface area contributed by atoms with Crippen LogP contribution in [-0.4, -0.2) is 7.05 Å². The molecule has 20 heavy (non-hydrogen) atoms. The normalized spacial score (nSPS) is 12.2. The fourth-order valence-electron chi connectivity index (χ4n) is 1.88. The van der Waals surface area contributed by atoms with Gasteiger partial charge < -0.3 is 10.1 Å². The number of ether oxygens (including phenoxy) is 1. The van der Waals surface area contributed by atoms with Gasteiger partial charge in [-0.05, 0) is 26.1 Å². The highest BCUT2D eigenvalue weighted by atomic mass is 35.5. The predicted molar refractivity (Wildman–Crippen MR) is 79.7 cm³/mol. The minimum absolute atomic E-state index is 0.0346. The number of rotatable bonds is 5. The van der Waals surface area contributed by atoms with E-state index < -0.39 is 0 Å². The Balaban J connectivity index is 2.08. The summed E-state index contributed by atoms with van der Waals surface area (Å²) < 4.78 is 19.5. The minimum atomic E-state index is -0.275. The molecule has 0 aliphatic carbocycles. The Hall–Kier alpha value is -1.58. The SMILES string of the molecule is CNC(C)c1ccc(OCc2ccccc2Cl)cc1F. The summed E-state index contributed by atoms with van der Waals surface area (Å²) in [6.07, 6.45) is 0. The highest BCUT2D eigenvalue weighted by Gasteiger charge is 2.10. The Morgan fingerprint density at radius 3 is 2.65 bits per heavy atom. The van der Waals surface area contributed by atoms with Crippen LogP contribution in [0.1, 0.15) is 24.1 Å². The van der Waals surface area contributed by atoms with Crippen molar-refractivity contribution in [2.75, 3.05) is 7.05 Å². The summed E-state index contributed by atoms with van der Waals surface area (Å²) in [5, 5.41) is 3.66. The lowest BCUT2D eigenvalue weighted by Gasteiger charge is -2.13. The first kappa shape index (κ1) is 14.8. The summed E-state index contributed by atoms with van der Waals surface area (Å²) in [4.78, 5) is 0. The summed E-state index contributed by atoms with van der Waals surface area (Å²) in [6.45, 7) is 2.22. The second kappa shape index (κ2) is 6.73. The van der Waals surface area contributed by atoms with Crippen molar-refractivity contribution >= 4 is 11.6 Å². The zero-order valence-electron chi connectivity index (χ0n) is 11.5. The maximum atomic E-state index is 13.9. The number of hydrogen-bond acceptors (Lipinski definition) is 2. The monoisotopic (exact) mass is 293 g/mol. The molecule has 2 aromatic rings.